The minimum absolute atomic E-state index is 0. The van der Waals surface area contributed by atoms with E-state index < -0.39 is 17.9 Å². The van der Waals surface area contributed by atoms with Gasteiger partial charge in [-0.05, 0) is 29.0 Å². The monoisotopic (exact) mass is 294 g/mol. The Morgan fingerprint density at radius 1 is 1.05 bits per heavy atom. The maximum Gasteiger partial charge on any atom is 1.00 e. The molecule has 0 aliphatic carbocycles. The van der Waals surface area contributed by atoms with Gasteiger partial charge >= 0.3 is 59.1 Å². The van der Waals surface area contributed by atoms with Crippen molar-refractivity contribution in [1.29, 1.82) is 0 Å². The second-order valence-corrected chi connectivity index (χ2v) is 5.39. The average molecular weight is 294 g/mol. The molecule has 0 heterocycles. The van der Waals surface area contributed by atoms with Crippen LogP contribution < -0.4 is 69.3 Å². The van der Waals surface area contributed by atoms with Gasteiger partial charge in [-0.1, -0.05) is 39.0 Å². The molecule has 0 N–H and O–H groups in total. The smallest absolute Gasteiger partial charge is 0.549 e. The number of hydrogen-bond donors (Lipinski definition) is 0. The number of carbonyl (C=O) groups excluding carboxylic acids is 2. The molecule has 6 heteroatoms. The summed E-state index contributed by atoms with van der Waals surface area (Å²) in [7, 11) is 0. The standard InChI is InChI=1S/C14H18O4.2Na/c1-8-7-9(14(2,3)4)5-6-10(8)11(12(15)16)13(17)18;;/h5-7,11H,1-4H3,(H,15,16)(H,17,18);;/q;2*+1/p-2. The van der Waals surface area contributed by atoms with Crippen molar-refractivity contribution in [2.45, 2.75) is 39.0 Å². The second-order valence-electron chi connectivity index (χ2n) is 5.39. The molecule has 20 heavy (non-hydrogen) atoms. The normalized spacial score (nSPS) is 10.4. The van der Waals surface area contributed by atoms with Crippen molar-refractivity contribution in [1.82, 2.24) is 0 Å². The van der Waals surface area contributed by atoms with Crippen molar-refractivity contribution in [2.24, 2.45) is 0 Å². The maximum atomic E-state index is 10.8. The van der Waals surface area contributed by atoms with Crippen molar-refractivity contribution < 1.29 is 78.9 Å². The zero-order valence-electron chi connectivity index (χ0n) is 12.9. The van der Waals surface area contributed by atoms with Crippen LogP contribution in [0.2, 0.25) is 0 Å². The Labute approximate surface area is 163 Å². The quantitative estimate of drug-likeness (QED) is 0.410. The van der Waals surface area contributed by atoms with Crippen molar-refractivity contribution >= 4 is 11.9 Å². The molecule has 0 aliphatic rings. The van der Waals surface area contributed by atoms with Crippen LogP contribution in [0.3, 0.4) is 0 Å². The molecule has 1 aromatic rings. The molecule has 0 aliphatic heterocycles. The minimum Gasteiger partial charge on any atom is -0.549 e. The predicted octanol–water partition coefficient (Wildman–Crippen LogP) is -6.12. The molecule has 0 spiro atoms. The number of benzene rings is 1. The third-order valence-corrected chi connectivity index (χ3v) is 2.92. The molecule has 0 atom stereocenters. The molecule has 0 aromatic heterocycles. The molecule has 4 nitrogen and oxygen atoms in total. The SMILES string of the molecule is Cc1cc(C(C)(C)C)ccc1C(C(=O)[O-])C(=O)[O-].[Na+].[Na+]. The third-order valence-electron chi connectivity index (χ3n) is 2.92. The molecule has 0 saturated carbocycles. The molecule has 0 unspecified atom stereocenters. The van der Waals surface area contributed by atoms with Gasteiger partial charge in [0, 0.05) is 0 Å². The van der Waals surface area contributed by atoms with Crippen molar-refractivity contribution in [3.63, 3.8) is 0 Å². The summed E-state index contributed by atoms with van der Waals surface area (Å²) in [5.41, 5.74) is 1.75. The first-order chi connectivity index (χ1) is 8.14. The molecule has 0 amide bonds. The summed E-state index contributed by atoms with van der Waals surface area (Å²) in [5.74, 6) is -5.03. The Morgan fingerprint density at radius 3 is 1.80 bits per heavy atom. The summed E-state index contributed by atoms with van der Waals surface area (Å²) in [5, 5.41) is 21.7. The molecular weight excluding hydrogens is 278 g/mol. The summed E-state index contributed by atoms with van der Waals surface area (Å²) in [4.78, 5) is 21.7. The van der Waals surface area contributed by atoms with E-state index in [1.807, 2.05) is 20.8 Å². The summed E-state index contributed by atoms with van der Waals surface area (Å²) in [6.07, 6.45) is 0. The van der Waals surface area contributed by atoms with Gasteiger partial charge in [0.2, 0.25) is 0 Å². The van der Waals surface area contributed by atoms with Crippen LogP contribution in [-0.4, -0.2) is 11.9 Å². The van der Waals surface area contributed by atoms with E-state index in [1.165, 1.54) is 6.07 Å². The van der Waals surface area contributed by atoms with Crippen molar-refractivity contribution in [3.05, 3.63) is 34.9 Å². The summed E-state index contributed by atoms with van der Waals surface area (Å²) in [6.45, 7) is 7.76. The van der Waals surface area contributed by atoms with Crippen LogP contribution in [0.4, 0.5) is 0 Å². The zero-order chi connectivity index (χ0) is 14.1. The van der Waals surface area contributed by atoms with E-state index in [0.29, 0.717) is 5.56 Å². The Balaban J connectivity index is 0. The van der Waals surface area contributed by atoms with E-state index in [4.69, 9.17) is 0 Å². The van der Waals surface area contributed by atoms with Gasteiger partial charge in [-0.25, -0.2) is 0 Å². The van der Waals surface area contributed by atoms with Gasteiger partial charge in [-0.2, -0.15) is 0 Å². The van der Waals surface area contributed by atoms with E-state index in [9.17, 15) is 19.8 Å². The van der Waals surface area contributed by atoms with Gasteiger partial charge in [0.1, 0.15) is 0 Å². The first kappa shape index (κ1) is 22.4. The van der Waals surface area contributed by atoms with E-state index >= 15 is 0 Å². The number of aliphatic carboxylic acids is 2. The van der Waals surface area contributed by atoms with E-state index in [1.54, 1.807) is 19.1 Å². The number of carboxylic acid groups (broad SMARTS) is 2. The fraction of sp³-hybridized carbons (Fsp3) is 0.429. The van der Waals surface area contributed by atoms with E-state index in [2.05, 4.69) is 0 Å². The maximum absolute atomic E-state index is 10.8. The number of rotatable bonds is 3. The van der Waals surface area contributed by atoms with Gasteiger partial charge in [-0.15, -0.1) is 0 Å². The fourth-order valence-corrected chi connectivity index (χ4v) is 1.82. The van der Waals surface area contributed by atoms with Gasteiger partial charge in [0.05, 0.1) is 17.9 Å². The molecule has 1 rings (SSSR count). The molecular formula is C14H16Na2O4. The van der Waals surface area contributed by atoms with Crippen LogP contribution in [0.25, 0.3) is 0 Å². The first-order valence-corrected chi connectivity index (χ1v) is 5.67. The largest absolute Gasteiger partial charge is 1.00 e. The number of carboxylic acids is 2. The Bertz CT molecular complexity index is 478. The fourth-order valence-electron chi connectivity index (χ4n) is 1.82. The zero-order valence-corrected chi connectivity index (χ0v) is 16.9. The topological polar surface area (TPSA) is 80.3 Å². The third kappa shape index (κ3) is 5.51. The van der Waals surface area contributed by atoms with Gasteiger partial charge in [-0.3, -0.25) is 0 Å². The van der Waals surface area contributed by atoms with Crippen LogP contribution in [0.1, 0.15) is 43.4 Å². The summed E-state index contributed by atoms with van der Waals surface area (Å²) >= 11 is 0. The van der Waals surface area contributed by atoms with Gasteiger partial charge in [0.25, 0.3) is 0 Å². The molecule has 0 fully saturated rings. The molecule has 0 radical (unpaired) electrons. The average Bonchev–Trinajstić information content (AvgIpc) is 2.18. The van der Waals surface area contributed by atoms with E-state index in [-0.39, 0.29) is 70.1 Å². The number of hydrogen-bond acceptors (Lipinski definition) is 4. The van der Waals surface area contributed by atoms with Gasteiger partial charge < -0.3 is 19.8 Å². The van der Waals surface area contributed by atoms with E-state index in [0.717, 1.165) is 5.56 Å². The van der Waals surface area contributed by atoms with Crippen LogP contribution in [-0.2, 0) is 15.0 Å². The molecule has 0 saturated heterocycles. The first-order valence-electron chi connectivity index (χ1n) is 5.67. The Hall–Kier alpha value is 0.160. The molecule has 1 aromatic carbocycles. The predicted molar refractivity (Wildman–Crippen MR) is 62.6 cm³/mol. The minimum atomic E-state index is -1.72. The molecule has 0 bridgehead atoms. The van der Waals surface area contributed by atoms with Crippen LogP contribution in [0, 0.1) is 6.92 Å². The number of carbonyl (C=O) groups is 2. The van der Waals surface area contributed by atoms with Crippen LogP contribution >= 0.6 is 0 Å². The number of aryl methyl sites for hydroxylation is 1. The van der Waals surface area contributed by atoms with Crippen molar-refractivity contribution in [2.75, 3.05) is 0 Å². The van der Waals surface area contributed by atoms with Crippen molar-refractivity contribution in [3.8, 4) is 0 Å². The second kappa shape index (κ2) is 8.57. The van der Waals surface area contributed by atoms with Gasteiger partial charge in [0.15, 0.2) is 0 Å². The molecule has 98 valence electrons. The summed E-state index contributed by atoms with van der Waals surface area (Å²) < 4.78 is 0. The van der Waals surface area contributed by atoms with Crippen LogP contribution in [0.15, 0.2) is 18.2 Å². The Morgan fingerprint density at radius 2 is 1.50 bits per heavy atom. The Kier molecular flexibility index (Phi) is 9.61. The van der Waals surface area contributed by atoms with Crippen LogP contribution in [0.5, 0.6) is 0 Å². The summed E-state index contributed by atoms with van der Waals surface area (Å²) in [6, 6.07) is 5.06.